The summed E-state index contributed by atoms with van der Waals surface area (Å²) in [5, 5.41) is 2.14. The number of benzene rings is 2. The van der Waals surface area contributed by atoms with Crippen LogP contribution < -0.4 is 10.5 Å². The quantitative estimate of drug-likeness (QED) is 0.791. The van der Waals surface area contributed by atoms with E-state index in [-0.39, 0.29) is 6.04 Å². The molecule has 130 valence electrons. The van der Waals surface area contributed by atoms with Crippen molar-refractivity contribution in [3.8, 4) is 17.2 Å². The maximum atomic E-state index is 6.01. The van der Waals surface area contributed by atoms with E-state index in [2.05, 4.69) is 17.0 Å². The highest BCUT2D eigenvalue weighted by molar-refractivity contribution is 5.98. The zero-order chi connectivity index (χ0) is 17.4. The van der Waals surface area contributed by atoms with Gasteiger partial charge in [-0.1, -0.05) is 24.3 Å². The van der Waals surface area contributed by atoms with Crippen LogP contribution in [0.4, 0.5) is 0 Å². The second-order valence-electron chi connectivity index (χ2n) is 6.67. The fourth-order valence-electron chi connectivity index (χ4n) is 3.54. The molecular formula is C20H23N3O2. The molecule has 2 aromatic carbocycles. The first kappa shape index (κ1) is 16.1. The monoisotopic (exact) mass is 337 g/mol. The number of rotatable bonds is 4. The minimum absolute atomic E-state index is 0.275. The number of ether oxygens (including phenoxy) is 1. The maximum absolute atomic E-state index is 6.01. The number of nitrogens with zero attached hydrogens (tertiary/aromatic N) is 2. The normalized spacial score (nSPS) is 18.1. The molecule has 2 N–H and O–H groups in total. The van der Waals surface area contributed by atoms with Gasteiger partial charge in [-0.25, -0.2) is 4.98 Å². The minimum atomic E-state index is 0.275. The van der Waals surface area contributed by atoms with Crippen LogP contribution in [0.15, 0.2) is 40.8 Å². The van der Waals surface area contributed by atoms with Gasteiger partial charge in [0.05, 0.1) is 12.8 Å². The van der Waals surface area contributed by atoms with Gasteiger partial charge in [-0.05, 0) is 30.9 Å². The minimum Gasteiger partial charge on any atom is -0.496 e. The molecule has 0 bridgehead atoms. The molecule has 1 saturated heterocycles. The Morgan fingerprint density at radius 1 is 1.24 bits per heavy atom. The highest BCUT2D eigenvalue weighted by Crippen LogP contribution is 2.34. The van der Waals surface area contributed by atoms with E-state index in [4.69, 9.17) is 19.9 Å². The zero-order valence-corrected chi connectivity index (χ0v) is 14.7. The third-order valence-corrected chi connectivity index (χ3v) is 4.91. The van der Waals surface area contributed by atoms with Crippen molar-refractivity contribution in [2.75, 3.05) is 20.2 Å². The summed E-state index contributed by atoms with van der Waals surface area (Å²) in [5.41, 5.74) is 7.98. The van der Waals surface area contributed by atoms with Gasteiger partial charge in [0.25, 0.3) is 0 Å². The number of oxazole rings is 1. The van der Waals surface area contributed by atoms with E-state index in [0.717, 1.165) is 59.6 Å². The summed E-state index contributed by atoms with van der Waals surface area (Å²) in [6, 6.07) is 12.4. The third-order valence-electron chi connectivity index (χ3n) is 4.91. The molecule has 1 aromatic heterocycles. The summed E-state index contributed by atoms with van der Waals surface area (Å²) in [6.45, 7) is 4.71. The van der Waals surface area contributed by atoms with Crippen LogP contribution in [-0.4, -0.2) is 36.1 Å². The van der Waals surface area contributed by atoms with Gasteiger partial charge in [-0.15, -0.1) is 0 Å². The highest BCUT2D eigenvalue weighted by atomic mass is 16.5. The van der Waals surface area contributed by atoms with Crippen LogP contribution in [0, 0.1) is 6.92 Å². The van der Waals surface area contributed by atoms with Gasteiger partial charge in [0.2, 0.25) is 5.89 Å². The maximum Gasteiger partial charge on any atom is 0.227 e. The summed E-state index contributed by atoms with van der Waals surface area (Å²) in [4.78, 5) is 7.12. The van der Waals surface area contributed by atoms with E-state index in [1.165, 1.54) is 0 Å². The number of hydrogen-bond acceptors (Lipinski definition) is 5. The third kappa shape index (κ3) is 3.01. The average Bonchev–Trinajstić information content (AvgIpc) is 3.20. The summed E-state index contributed by atoms with van der Waals surface area (Å²) in [5.74, 6) is 2.39. The van der Waals surface area contributed by atoms with Crippen LogP contribution in [-0.2, 0) is 6.54 Å². The molecule has 1 aliphatic rings. The van der Waals surface area contributed by atoms with Crippen molar-refractivity contribution in [2.45, 2.75) is 25.9 Å². The molecule has 1 atom stereocenters. The van der Waals surface area contributed by atoms with Crippen molar-refractivity contribution in [3.05, 3.63) is 47.9 Å². The Morgan fingerprint density at radius 3 is 2.76 bits per heavy atom. The molecular weight excluding hydrogens is 314 g/mol. The van der Waals surface area contributed by atoms with E-state index in [1.54, 1.807) is 7.11 Å². The lowest BCUT2D eigenvalue weighted by atomic mass is 10.0. The van der Waals surface area contributed by atoms with Crippen molar-refractivity contribution in [2.24, 2.45) is 5.73 Å². The Bertz CT molecular complexity index is 903. The standard InChI is InChI=1S/C20H23N3O2/c1-13-18(12-23-10-9-14(21)11-23)22-20(25-13)17-7-8-19(24-2)16-6-4-3-5-15(16)17/h3-8,14H,9-12,21H2,1-2H3/t14-/m0/s1. The largest absolute Gasteiger partial charge is 0.496 e. The highest BCUT2D eigenvalue weighted by Gasteiger charge is 2.22. The number of fused-ring (bicyclic) bond motifs is 1. The number of methoxy groups -OCH3 is 1. The number of aryl methyl sites for hydroxylation is 1. The van der Waals surface area contributed by atoms with Crippen molar-refractivity contribution in [3.63, 3.8) is 0 Å². The number of likely N-dealkylation sites (tertiary alicyclic amines) is 1. The van der Waals surface area contributed by atoms with Gasteiger partial charge in [-0.3, -0.25) is 4.90 Å². The van der Waals surface area contributed by atoms with E-state index < -0.39 is 0 Å². The average molecular weight is 337 g/mol. The lowest BCUT2D eigenvalue weighted by molar-refractivity contribution is 0.321. The number of nitrogens with two attached hydrogens (primary N) is 1. The first-order chi connectivity index (χ1) is 12.2. The molecule has 4 rings (SSSR count). The van der Waals surface area contributed by atoms with E-state index in [9.17, 15) is 0 Å². The van der Waals surface area contributed by atoms with Crippen molar-refractivity contribution < 1.29 is 9.15 Å². The SMILES string of the molecule is COc1ccc(-c2nc(CN3CC[C@H](N)C3)c(C)o2)c2ccccc12. The van der Waals surface area contributed by atoms with Crippen LogP contribution >= 0.6 is 0 Å². The Labute approximate surface area is 147 Å². The molecule has 0 radical (unpaired) electrons. The van der Waals surface area contributed by atoms with Crippen molar-refractivity contribution >= 4 is 10.8 Å². The molecule has 5 heteroatoms. The molecule has 1 aliphatic heterocycles. The molecule has 0 unspecified atom stereocenters. The molecule has 0 spiro atoms. The Hall–Kier alpha value is -2.37. The van der Waals surface area contributed by atoms with Gasteiger partial charge in [0.15, 0.2) is 0 Å². The van der Waals surface area contributed by atoms with Crippen LogP contribution in [0.25, 0.3) is 22.2 Å². The molecule has 3 aromatic rings. The fourth-order valence-corrected chi connectivity index (χ4v) is 3.54. The molecule has 2 heterocycles. The lowest BCUT2D eigenvalue weighted by Crippen LogP contribution is -2.26. The smallest absolute Gasteiger partial charge is 0.227 e. The summed E-state index contributed by atoms with van der Waals surface area (Å²) >= 11 is 0. The van der Waals surface area contributed by atoms with Gasteiger partial charge in [0, 0.05) is 36.6 Å². The summed E-state index contributed by atoms with van der Waals surface area (Å²) < 4.78 is 11.5. The van der Waals surface area contributed by atoms with Crippen LogP contribution in [0.3, 0.4) is 0 Å². The van der Waals surface area contributed by atoms with Crippen molar-refractivity contribution in [1.29, 1.82) is 0 Å². The van der Waals surface area contributed by atoms with Gasteiger partial charge < -0.3 is 14.9 Å². The van der Waals surface area contributed by atoms with Crippen LogP contribution in [0.5, 0.6) is 5.75 Å². The number of hydrogen-bond donors (Lipinski definition) is 1. The first-order valence-electron chi connectivity index (χ1n) is 8.66. The lowest BCUT2D eigenvalue weighted by Gasteiger charge is -2.13. The zero-order valence-electron chi connectivity index (χ0n) is 14.7. The van der Waals surface area contributed by atoms with E-state index in [0.29, 0.717) is 5.89 Å². The van der Waals surface area contributed by atoms with Gasteiger partial charge >= 0.3 is 0 Å². The summed E-state index contributed by atoms with van der Waals surface area (Å²) in [7, 11) is 1.69. The molecule has 5 nitrogen and oxygen atoms in total. The van der Waals surface area contributed by atoms with E-state index >= 15 is 0 Å². The molecule has 0 aliphatic carbocycles. The molecule has 0 amide bonds. The molecule has 1 fully saturated rings. The van der Waals surface area contributed by atoms with Crippen LogP contribution in [0.2, 0.25) is 0 Å². The summed E-state index contributed by atoms with van der Waals surface area (Å²) in [6.07, 6.45) is 1.05. The Kier molecular flexibility index (Phi) is 4.19. The molecule has 25 heavy (non-hydrogen) atoms. The molecule has 0 saturated carbocycles. The van der Waals surface area contributed by atoms with E-state index in [1.807, 2.05) is 31.2 Å². The van der Waals surface area contributed by atoms with Crippen molar-refractivity contribution in [1.82, 2.24) is 9.88 Å². The predicted octanol–water partition coefficient (Wildman–Crippen LogP) is 3.34. The van der Waals surface area contributed by atoms with Gasteiger partial charge in [-0.2, -0.15) is 0 Å². The van der Waals surface area contributed by atoms with Crippen LogP contribution in [0.1, 0.15) is 17.9 Å². The Morgan fingerprint density at radius 2 is 2.04 bits per heavy atom. The van der Waals surface area contributed by atoms with Gasteiger partial charge in [0.1, 0.15) is 11.5 Å². The number of aromatic nitrogens is 1. The topological polar surface area (TPSA) is 64.5 Å². The second-order valence-corrected chi connectivity index (χ2v) is 6.67. The first-order valence-corrected chi connectivity index (χ1v) is 8.66. The predicted molar refractivity (Wildman–Crippen MR) is 98.6 cm³/mol. The Balaban J connectivity index is 1.71. The fraction of sp³-hybridized carbons (Fsp3) is 0.350. The second kappa shape index (κ2) is 6.50.